The molecule has 1 heterocycles. The number of aromatic nitrogens is 1. The molecule has 0 atom stereocenters. The van der Waals surface area contributed by atoms with E-state index >= 15 is 0 Å². The highest BCUT2D eigenvalue weighted by Gasteiger charge is 2.20. The van der Waals surface area contributed by atoms with E-state index in [2.05, 4.69) is 5.32 Å². The Labute approximate surface area is 150 Å². The van der Waals surface area contributed by atoms with Crippen LogP contribution in [0.2, 0.25) is 5.02 Å². The predicted octanol–water partition coefficient (Wildman–Crippen LogP) is 3.83. The minimum Gasteiger partial charge on any atom is -0.497 e. The molecule has 0 unspecified atom stereocenters. The van der Waals surface area contributed by atoms with Gasteiger partial charge in [0, 0.05) is 42.2 Å². The van der Waals surface area contributed by atoms with Gasteiger partial charge in [0.05, 0.1) is 12.6 Å². The van der Waals surface area contributed by atoms with E-state index in [1.54, 1.807) is 18.7 Å². The SMILES string of the molecule is COc1ccc2c(CNCc3ccccc3Cl)c(C(=O)O)n(C)c2c1. The summed E-state index contributed by atoms with van der Waals surface area (Å²) in [5, 5.41) is 14.5. The van der Waals surface area contributed by atoms with Crippen molar-refractivity contribution >= 4 is 28.5 Å². The standard InChI is InChI=1S/C19H19ClN2O3/c1-22-17-9-13(25-2)7-8-14(17)15(18(22)19(23)24)11-21-10-12-5-3-4-6-16(12)20/h3-9,21H,10-11H2,1-2H3,(H,23,24). The average Bonchev–Trinajstić information content (AvgIpc) is 2.88. The monoisotopic (exact) mass is 358 g/mol. The Bertz CT molecular complexity index is 934. The molecule has 0 saturated heterocycles. The van der Waals surface area contributed by atoms with Crippen LogP contribution in [0.5, 0.6) is 5.75 Å². The van der Waals surface area contributed by atoms with E-state index in [0.29, 0.717) is 23.9 Å². The minimum atomic E-state index is -0.952. The number of hydrogen-bond donors (Lipinski definition) is 2. The van der Waals surface area contributed by atoms with E-state index in [-0.39, 0.29) is 5.69 Å². The lowest BCUT2D eigenvalue weighted by atomic mass is 10.1. The normalized spacial score (nSPS) is 11.0. The molecule has 2 aromatic carbocycles. The first kappa shape index (κ1) is 17.3. The number of carbonyl (C=O) groups is 1. The molecule has 0 spiro atoms. The van der Waals surface area contributed by atoms with E-state index in [9.17, 15) is 9.90 Å². The Balaban J connectivity index is 1.93. The third-order valence-electron chi connectivity index (χ3n) is 4.29. The van der Waals surface area contributed by atoms with Crippen molar-refractivity contribution in [1.29, 1.82) is 0 Å². The summed E-state index contributed by atoms with van der Waals surface area (Å²) >= 11 is 6.17. The molecule has 6 heteroatoms. The second kappa shape index (κ2) is 7.17. The molecule has 0 aliphatic heterocycles. The summed E-state index contributed by atoms with van der Waals surface area (Å²) in [6.45, 7) is 0.988. The van der Waals surface area contributed by atoms with Gasteiger partial charge in [-0.15, -0.1) is 0 Å². The molecule has 0 fully saturated rings. The number of nitrogens with one attached hydrogen (secondary N) is 1. The van der Waals surface area contributed by atoms with Gasteiger partial charge in [0.1, 0.15) is 11.4 Å². The topological polar surface area (TPSA) is 63.5 Å². The van der Waals surface area contributed by atoms with Crippen LogP contribution in [0.4, 0.5) is 0 Å². The molecule has 0 radical (unpaired) electrons. The molecule has 1 aromatic heterocycles. The minimum absolute atomic E-state index is 0.273. The molecule has 3 aromatic rings. The summed E-state index contributed by atoms with van der Waals surface area (Å²) in [5.74, 6) is -0.257. The number of carboxylic acids is 1. The fourth-order valence-electron chi connectivity index (χ4n) is 3.04. The largest absolute Gasteiger partial charge is 0.497 e. The van der Waals surface area contributed by atoms with E-state index in [4.69, 9.17) is 16.3 Å². The number of nitrogens with zero attached hydrogens (tertiary/aromatic N) is 1. The molecule has 0 aliphatic rings. The first-order chi connectivity index (χ1) is 12.0. The van der Waals surface area contributed by atoms with Crippen molar-refractivity contribution in [1.82, 2.24) is 9.88 Å². The first-order valence-electron chi connectivity index (χ1n) is 7.85. The summed E-state index contributed by atoms with van der Waals surface area (Å²) in [4.78, 5) is 11.8. The molecule has 0 amide bonds. The molecule has 0 saturated carbocycles. The van der Waals surface area contributed by atoms with Crippen LogP contribution in [0.3, 0.4) is 0 Å². The van der Waals surface area contributed by atoms with Gasteiger partial charge in [-0.1, -0.05) is 29.8 Å². The van der Waals surface area contributed by atoms with Gasteiger partial charge in [0.15, 0.2) is 0 Å². The lowest BCUT2D eigenvalue weighted by Crippen LogP contribution is -2.16. The van der Waals surface area contributed by atoms with Crippen LogP contribution in [-0.2, 0) is 20.1 Å². The fourth-order valence-corrected chi connectivity index (χ4v) is 3.24. The highest BCUT2D eigenvalue weighted by molar-refractivity contribution is 6.31. The molecule has 0 aliphatic carbocycles. The van der Waals surface area contributed by atoms with Crippen LogP contribution in [0.1, 0.15) is 21.6 Å². The summed E-state index contributed by atoms with van der Waals surface area (Å²) in [7, 11) is 3.34. The van der Waals surface area contributed by atoms with Gasteiger partial charge in [0.2, 0.25) is 0 Å². The Hall–Kier alpha value is -2.50. The van der Waals surface area contributed by atoms with E-state index in [1.165, 1.54) is 0 Å². The molecule has 25 heavy (non-hydrogen) atoms. The zero-order chi connectivity index (χ0) is 18.0. The maximum Gasteiger partial charge on any atom is 0.352 e. The maximum absolute atomic E-state index is 11.8. The van der Waals surface area contributed by atoms with E-state index < -0.39 is 5.97 Å². The van der Waals surface area contributed by atoms with Crippen molar-refractivity contribution in [3.63, 3.8) is 0 Å². The van der Waals surface area contributed by atoms with E-state index in [0.717, 1.165) is 22.0 Å². The van der Waals surface area contributed by atoms with Crippen LogP contribution >= 0.6 is 11.6 Å². The lowest BCUT2D eigenvalue weighted by molar-refractivity contribution is 0.0685. The summed E-state index contributed by atoms with van der Waals surface area (Å²) < 4.78 is 6.94. The molecule has 2 N–H and O–H groups in total. The van der Waals surface area contributed by atoms with Crippen molar-refractivity contribution in [2.45, 2.75) is 13.1 Å². The predicted molar refractivity (Wildman–Crippen MR) is 98.4 cm³/mol. The van der Waals surface area contributed by atoms with Crippen molar-refractivity contribution in [3.8, 4) is 5.75 Å². The third kappa shape index (κ3) is 3.34. The summed E-state index contributed by atoms with van der Waals surface area (Å²) in [6.07, 6.45) is 0. The van der Waals surface area contributed by atoms with Crippen LogP contribution in [0.25, 0.3) is 10.9 Å². The Kier molecular flexibility index (Phi) is 4.97. The Morgan fingerprint density at radius 3 is 2.68 bits per heavy atom. The van der Waals surface area contributed by atoms with Gasteiger partial charge in [-0.3, -0.25) is 0 Å². The van der Waals surface area contributed by atoms with Gasteiger partial charge in [0.25, 0.3) is 0 Å². The first-order valence-corrected chi connectivity index (χ1v) is 8.23. The number of halogens is 1. The van der Waals surface area contributed by atoms with E-state index in [1.807, 2.05) is 42.5 Å². The molecular formula is C19H19ClN2O3. The summed E-state index contributed by atoms with van der Waals surface area (Å²) in [6, 6.07) is 13.2. The van der Waals surface area contributed by atoms with Crippen molar-refractivity contribution in [3.05, 3.63) is 64.3 Å². The summed E-state index contributed by atoms with van der Waals surface area (Å²) in [5.41, 5.74) is 2.82. The highest BCUT2D eigenvalue weighted by atomic mass is 35.5. The molecule has 130 valence electrons. The van der Waals surface area contributed by atoms with Crippen LogP contribution in [-0.4, -0.2) is 22.8 Å². The zero-order valence-electron chi connectivity index (χ0n) is 14.0. The van der Waals surface area contributed by atoms with Crippen LogP contribution in [0, 0.1) is 0 Å². The van der Waals surface area contributed by atoms with Gasteiger partial charge in [-0.2, -0.15) is 0 Å². The second-order valence-corrected chi connectivity index (χ2v) is 6.18. The van der Waals surface area contributed by atoms with Crippen LogP contribution in [0.15, 0.2) is 42.5 Å². The molecular weight excluding hydrogens is 340 g/mol. The van der Waals surface area contributed by atoms with Gasteiger partial charge in [-0.05, 0) is 23.8 Å². The number of fused-ring (bicyclic) bond motifs is 1. The molecule has 0 bridgehead atoms. The Morgan fingerprint density at radius 1 is 1.24 bits per heavy atom. The number of methoxy groups -OCH3 is 1. The quantitative estimate of drug-likeness (QED) is 0.703. The maximum atomic E-state index is 11.8. The second-order valence-electron chi connectivity index (χ2n) is 5.77. The van der Waals surface area contributed by atoms with Gasteiger partial charge < -0.3 is 19.7 Å². The van der Waals surface area contributed by atoms with Gasteiger partial charge in [-0.25, -0.2) is 4.79 Å². The molecule has 3 rings (SSSR count). The zero-order valence-corrected chi connectivity index (χ0v) is 14.8. The number of ether oxygens (including phenoxy) is 1. The number of hydrogen-bond acceptors (Lipinski definition) is 3. The number of aromatic carboxylic acids is 1. The lowest BCUT2D eigenvalue weighted by Gasteiger charge is -2.08. The number of aryl methyl sites for hydroxylation is 1. The highest BCUT2D eigenvalue weighted by Crippen LogP contribution is 2.29. The Morgan fingerprint density at radius 2 is 2.00 bits per heavy atom. The third-order valence-corrected chi connectivity index (χ3v) is 4.66. The van der Waals surface area contributed by atoms with Crippen molar-refractivity contribution in [2.24, 2.45) is 7.05 Å². The van der Waals surface area contributed by atoms with Crippen LogP contribution < -0.4 is 10.1 Å². The fraction of sp³-hybridized carbons (Fsp3) is 0.211. The molecule has 5 nitrogen and oxygen atoms in total. The van der Waals surface area contributed by atoms with Crippen molar-refractivity contribution < 1.29 is 14.6 Å². The number of rotatable bonds is 6. The number of benzene rings is 2. The number of carboxylic acid groups (broad SMARTS) is 1. The van der Waals surface area contributed by atoms with Gasteiger partial charge >= 0.3 is 5.97 Å². The van der Waals surface area contributed by atoms with Crippen molar-refractivity contribution in [2.75, 3.05) is 7.11 Å². The average molecular weight is 359 g/mol. The smallest absolute Gasteiger partial charge is 0.352 e.